The minimum atomic E-state index is -0.697. The molecule has 0 saturated heterocycles. The summed E-state index contributed by atoms with van der Waals surface area (Å²) in [6.45, 7) is 0.438. The molecule has 0 saturated carbocycles. The Morgan fingerprint density at radius 1 is 1.16 bits per heavy atom. The Balaban J connectivity index is 2.03. The second-order valence-corrected chi connectivity index (χ2v) is 4.24. The van der Waals surface area contributed by atoms with E-state index in [1.54, 1.807) is 36.4 Å². The van der Waals surface area contributed by atoms with Crippen molar-refractivity contribution in [1.29, 1.82) is 0 Å². The van der Waals surface area contributed by atoms with Gasteiger partial charge in [-0.15, -0.1) is 0 Å². The first kappa shape index (κ1) is 13.5. The Hall–Kier alpha value is -1.91. The lowest BCUT2D eigenvalue weighted by Crippen LogP contribution is -2.11. The number of ether oxygens (including phenoxy) is 1. The maximum atomic E-state index is 13.0. The minimum Gasteiger partial charge on any atom is -0.489 e. The monoisotopic (exact) mass is 261 g/mol. The summed E-state index contributed by atoms with van der Waals surface area (Å²) >= 11 is 0. The summed E-state index contributed by atoms with van der Waals surface area (Å²) in [4.78, 5) is 0. The molecular formula is C15H16FNO2. The summed E-state index contributed by atoms with van der Waals surface area (Å²) in [6.07, 6.45) is -0.697. The third-order valence-electron chi connectivity index (χ3n) is 2.76. The van der Waals surface area contributed by atoms with Crippen LogP contribution in [0, 0.1) is 5.82 Å². The summed E-state index contributed by atoms with van der Waals surface area (Å²) in [5.41, 5.74) is 6.87. The molecule has 0 radical (unpaired) electrons. The number of halogens is 1. The van der Waals surface area contributed by atoms with Crippen LogP contribution in [-0.4, -0.2) is 11.7 Å². The van der Waals surface area contributed by atoms with Gasteiger partial charge in [0.2, 0.25) is 0 Å². The largest absolute Gasteiger partial charge is 0.489 e. The first-order valence-corrected chi connectivity index (χ1v) is 6.04. The Labute approximate surface area is 111 Å². The number of hydrogen-bond acceptors (Lipinski definition) is 3. The van der Waals surface area contributed by atoms with Crippen LogP contribution in [0.15, 0.2) is 48.5 Å². The van der Waals surface area contributed by atoms with Crippen LogP contribution >= 0.6 is 0 Å². The number of aliphatic hydroxyl groups excluding tert-OH is 1. The van der Waals surface area contributed by atoms with Crippen LogP contribution in [0.5, 0.6) is 5.75 Å². The van der Waals surface area contributed by atoms with E-state index in [0.29, 0.717) is 11.3 Å². The molecule has 3 N–H and O–H groups in total. The van der Waals surface area contributed by atoms with Crippen LogP contribution < -0.4 is 10.5 Å². The zero-order valence-corrected chi connectivity index (χ0v) is 10.4. The molecule has 100 valence electrons. The first-order valence-electron chi connectivity index (χ1n) is 6.04. The van der Waals surface area contributed by atoms with E-state index >= 15 is 0 Å². The molecule has 2 rings (SSSR count). The van der Waals surface area contributed by atoms with E-state index in [4.69, 9.17) is 10.5 Å². The van der Waals surface area contributed by atoms with Gasteiger partial charge in [-0.1, -0.05) is 24.3 Å². The van der Waals surface area contributed by atoms with Crippen molar-refractivity contribution in [2.45, 2.75) is 12.7 Å². The van der Waals surface area contributed by atoms with Gasteiger partial charge in [0.1, 0.15) is 18.2 Å². The van der Waals surface area contributed by atoms with E-state index in [2.05, 4.69) is 0 Å². The number of benzene rings is 2. The number of nitrogens with two attached hydrogens (primary N) is 1. The van der Waals surface area contributed by atoms with Crippen LogP contribution in [0.25, 0.3) is 0 Å². The molecule has 0 fully saturated rings. The van der Waals surface area contributed by atoms with Crippen LogP contribution in [0.3, 0.4) is 0 Å². The van der Waals surface area contributed by atoms with Crippen LogP contribution in [-0.2, 0) is 6.61 Å². The number of hydrogen-bond donors (Lipinski definition) is 2. The van der Waals surface area contributed by atoms with Gasteiger partial charge in [-0.25, -0.2) is 4.39 Å². The first-order chi connectivity index (χ1) is 9.19. The summed E-state index contributed by atoms with van der Waals surface area (Å²) in [7, 11) is 0. The van der Waals surface area contributed by atoms with Crippen LogP contribution in [0.2, 0.25) is 0 Å². The summed E-state index contributed by atoms with van der Waals surface area (Å²) in [6, 6.07) is 13.3. The van der Waals surface area contributed by atoms with E-state index in [1.807, 2.05) is 0 Å². The van der Waals surface area contributed by atoms with E-state index in [0.717, 1.165) is 5.56 Å². The fourth-order valence-corrected chi connectivity index (χ4v) is 1.74. The summed E-state index contributed by atoms with van der Waals surface area (Å²) < 4.78 is 18.6. The molecule has 2 aromatic carbocycles. The lowest BCUT2D eigenvalue weighted by atomic mass is 10.1. The lowest BCUT2D eigenvalue weighted by Gasteiger charge is -2.11. The Kier molecular flexibility index (Phi) is 4.49. The molecule has 0 bridgehead atoms. The second kappa shape index (κ2) is 6.31. The van der Waals surface area contributed by atoms with Crippen molar-refractivity contribution in [3.05, 3.63) is 65.5 Å². The summed E-state index contributed by atoms with van der Waals surface area (Å²) in [5.74, 6) is 0.336. The molecule has 0 aliphatic heterocycles. The topological polar surface area (TPSA) is 55.5 Å². The molecule has 0 spiro atoms. The van der Waals surface area contributed by atoms with E-state index in [1.165, 1.54) is 12.1 Å². The molecule has 2 aromatic rings. The van der Waals surface area contributed by atoms with Gasteiger partial charge in [-0.05, 0) is 35.4 Å². The molecule has 19 heavy (non-hydrogen) atoms. The van der Waals surface area contributed by atoms with Crippen molar-refractivity contribution >= 4 is 0 Å². The quantitative estimate of drug-likeness (QED) is 0.869. The average molecular weight is 261 g/mol. The molecular weight excluding hydrogens is 245 g/mol. The fraction of sp³-hybridized carbons (Fsp3) is 0.200. The number of rotatable bonds is 5. The highest BCUT2D eigenvalue weighted by molar-refractivity contribution is 5.30. The van der Waals surface area contributed by atoms with Gasteiger partial charge in [0.25, 0.3) is 0 Å². The molecule has 1 unspecified atom stereocenters. The minimum absolute atomic E-state index is 0.160. The Morgan fingerprint density at radius 3 is 2.68 bits per heavy atom. The molecule has 0 heterocycles. The van der Waals surface area contributed by atoms with Gasteiger partial charge in [0.05, 0.1) is 6.10 Å². The van der Waals surface area contributed by atoms with E-state index in [9.17, 15) is 9.50 Å². The van der Waals surface area contributed by atoms with Crippen LogP contribution in [0.4, 0.5) is 4.39 Å². The van der Waals surface area contributed by atoms with Gasteiger partial charge in [0.15, 0.2) is 0 Å². The van der Waals surface area contributed by atoms with E-state index in [-0.39, 0.29) is 19.0 Å². The fourth-order valence-electron chi connectivity index (χ4n) is 1.74. The van der Waals surface area contributed by atoms with Gasteiger partial charge < -0.3 is 15.6 Å². The molecule has 4 heteroatoms. The third kappa shape index (κ3) is 3.77. The lowest BCUT2D eigenvalue weighted by molar-refractivity contribution is 0.186. The van der Waals surface area contributed by atoms with Gasteiger partial charge in [0, 0.05) is 6.54 Å². The van der Waals surface area contributed by atoms with E-state index < -0.39 is 6.10 Å². The zero-order valence-electron chi connectivity index (χ0n) is 10.4. The third-order valence-corrected chi connectivity index (χ3v) is 2.76. The Bertz CT molecular complexity index is 545. The van der Waals surface area contributed by atoms with Crippen molar-refractivity contribution in [3.63, 3.8) is 0 Å². The maximum absolute atomic E-state index is 13.0. The molecule has 0 aliphatic rings. The highest BCUT2D eigenvalue weighted by Gasteiger charge is 2.06. The van der Waals surface area contributed by atoms with Gasteiger partial charge in [-0.2, -0.15) is 0 Å². The number of aliphatic hydroxyl groups is 1. The highest BCUT2D eigenvalue weighted by Crippen LogP contribution is 2.19. The molecule has 1 atom stereocenters. The SMILES string of the molecule is NCC(O)c1cccc(OCc2cccc(F)c2)c1. The van der Waals surface area contributed by atoms with Gasteiger partial charge >= 0.3 is 0 Å². The predicted molar refractivity (Wildman–Crippen MR) is 71.2 cm³/mol. The average Bonchev–Trinajstić information content (AvgIpc) is 2.45. The van der Waals surface area contributed by atoms with Crippen molar-refractivity contribution in [3.8, 4) is 5.75 Å². The maximum Gasteiger partial charge on any atom is 0.123 e. The summed E-state index contributed by atoms with van der Waals surface area (Å²) in [5, 5.41) is 9.65. The predicted octanol–water partition coefficient (Wildman–Crippen LogP) is 2.40. The highest BCUT2D eigenvalue weighted by atomic mass is 19.1. The standard InChI is InChI=1S/C15H16FNO2/c16-13-5-1-3-11(7-13)10-19-14-6-2-4-12(8-14)15(18)9-17/h1-8,15,18H,9-10,17H2. The van der Waals surface area contributed by atoms with Gasteiger partial charge in [-0.3, -0.25) is 0 Å². The smallest absolute Gasteiger partial charge is 0.123 e. The normalized spacial score (nSPS) is 12.2. The van der Waals surface area contributed by atoms with Crippen molar-refractivity contribution in [2.24, 2.45) is 5.73 Å². The Morgan fingerprint density at radius 2 is 1.95 bits per heavy atom. The van der Waals surface area contributed by atoms with Crippen molar-refractivity contribution in [1.82, 2.24) is 0 Å². The molecule has 3 nitrogen and oxygen atoms in total. The molecule has 0 aromatic heterocycles. The van der Waals surface area contributed by atoms with Crippen LogP contribution in [0.1, 0.15) is 17.2 Å². The second-order valence-electron chi connectivity index (χ2n) is 4.24. The molecule has 0 aliphatic carbocycles. The van der Waals surface area contributed by atoms with Crippen molar-refractivity contribution < 1.29 is 14.2 Å². The zero-order chi connectivity index (χ0) is 13.7. The molecule has 0 amide bonds. The van der Waals surface area contributed by atoms with Crippen molar-refractivity contribution in [2.75, 3.05) is 6.54 Å².